The minimum absolute atomic E-state index is 0.0579. The fourth-order valence-electron chi connectivity index (χ4n) is 3.50. The number of carbonyl (C=O) groups is 2. The molecule has 3 N–H and O–H groups in total. The number of nitrogens with zero attached hydrogens (tertiary/aromatic N) is 2. The van der Waals surface area contributed by atoms with Crippen LogP contribution in [0.3, 0.4) is 0 Å². The number of methoxy groups -OCH3 is 1. The van der Waals surface area contributed by atoms with Crippen LogP contribution in [0.4, 0.5) is 5.69 Å². The van der Waals surface area contributed by atoms with Crippen molar-refractivity contribution in [2.24, 2.45) is 4.99 Å². The minimum atomic E-state index is -4.69. The molecule has 4 rings (SSSR count). The summed E-state index contributed by atoms with van der Waals surface area (Å²) >= 11 is 0. The Morgan fingerprint density at radius 1 is 1.06 bits per heavy atom. The highest BCUT2D eigenvalue weighted by atomic mass is 32.2. The molecule has 1 heterocycles. The molecule has 0 atom stereocenters. The van der Waals surface area contributed by atoms with Crippen molar-refractivity contribution >= 4 is 39.6 Å². The number of aromatic hydroxyl groups is 1. The molecular weight excluding hydrogens is 476 g/mol. The molecule has 1 amide bonds. The second-order valence-electron chi connectivity index (χ2n) is 7.36. The van der Waals surface area contributed by atoms with E-state index in [2.05, 4.69) is 4.99 Å². The van der Waals surface area contributed by atoms with E-state index in [1.165, 1.54) is 31.4 Å². The number of hydrogen-bond acceptors (Lipinski definition) is 7. The number of amidine groups is 1. The number of carboxylic acid groups (broad SMARTS) is 1. The molecule has 0 unspecified atom stereocenters. The maximum atomic E-state index is 13.5. The average Bonchev–Trinajstić information content (AvgIpc) is 3.15. The average molecular weight is 494 g/mol. The van der Waals surface area contributed by atoms with Crippen LogP contribution in [0.5, 0.6) is 11.5 Å². The van der Waals surface area contributed by atoms with E-state index in [4.69, 9.17) is 4.74 Å². The van der Waals surface area contributed by atoms with Crippen molar-refractivity contribution in [1.29, 1.82) is 0 Å². The molecule has 0 radical (unpaired) electrons. The van der Waals surface area contributed by atoms with Gasteiger partial charge in [-0.05, 0) is 42.0 Å². The third-order valence-corrected chi connectivity index (χ3v) is 5.99. The Bertz CT molecular complexity index is 1510. The highest BCUT2D eigenvalue weighted by molar-refractivity contribution is 7.85. The zero-order valence-corrected chi connectivity index (χ0v) is 18.9. The van der Waals surface area contributed by atoms with Crippen molar-refractivity contribution in [3.05, 3.63) is 89.1 Å². The number of phenolic OH excluding ortho intramolecular Hbond substituents is 1. The van der Waals surface area contributed by atoms with E-state index in [0.717, 1.165) is 23.1 Å². The Kier molecular flexibility index (Phi) is 6.12. The van der Waals surface area contributed by atoms with Gasteiger partial charge in [0.2, 0.25) is 0 Å². The smallest absolute Gasteiger partial charge is 0.337 e. The Hall–Kier alpha value is -4.48. The Labute approximate surface area is 199 Å². The number of phenols is 1. The number of carbonyl (C=O) groups excluding carboxylic acids is 1. The number of amides is 1. The third-order valence-electron chi connectivity index (χ3n) is 5.14. The topological polar surface area (TPSA) is 154 Å². The Balaban J connectivity index is 1.93. The molecule has 0 bridgehead atoms. The van der Waals surface area contributed by atoms with Gasteiger partial charge >= 0.3 is 5.97 Å². The van der Waals surface area contributed by atoms with Gasteiger partial charge in [-0.2, -0.15) is 8.42 Å². The van der Waals surface area contributed by atoms with Gasteiger partial charge in [-0.1, -0.05) is 36.4 Å². The number of aliphatic imine (C=N–C) groups is 1. The van der Waals surface area contributed by atoms with Gasteiger partial charge in [-0.25, -0.2) is 9.79 Å². The van der Waals surface area contributed by atoms with Gasteiger partial charge in [0.15, 0.2) is 11.5 Å². The number of rotatable bonds is 6. The van der Waals surface area contributed by atoms with Crippen LogP contribution in [0.15, 0.2) is 82.3 Å². The summed E-state index contributed by atoms with van der Waals surface area (Å²) in [5, 5.41) is 19.5. The summed E-state index contributed by atoms with van der Waals surface area (Å²) in [6.45, 7) is 0. The van der Waals surface area contributed by atoms with E-state index in [9.17, 15) is 32.8 Å². The molecule has 0 aromatic heterocycles. The number of ether oxygens (including phenoxy) is 1. The lowest BCUT2D eigenvalue weighted by atomic mass is 10.1. The molecule has 3 aromatic carbocycles. The molecule has 0 aliphatic carbocycles. The zero-order valence-electron chi connectivity index (χ0n) is 18.1. The lowest BCUT2D eigenvalue weighted by molar-refractivity contribution is -0.113. The fourth-order valence-corrected chi connectivity index (χ4v) is 4.00. The van der Waals surface area contributed by atoms with Crippen molar-refractivity contribution in [2.45, 2.75) is 4.90 Å². The first-order valence-corrected chi connectivity index (χ1v) is 11.5. The standard InChI is InChI=1S/C24H18N2O8S/c1-34-21-12-14(7-10-20(21)27)11-18-23(28)26(22(25-18)15-5-3-2-4-6-15)19-13-16(35(31,32)33)8-9-17(19)24(29)30/h2-13,27H,1H3,(H,29,30)(H,31,32,33)/b18-11-. The van der Waals surface area contributed by atoms with Crippen LogP contribution in [0.1, 0.15) is 21.5 Å². The summed E-state index contributed by atoms with van der Waals surface area (Å²) in [5.74, 6) is -2.02. The summed E-state index contributed by atoms with van der Waals surface area (Å²) < 4.78 is 38.1. The van der Waals surface area contributed by atoms with Crippen molar-refractivity contribution in [1.82, 2.24) is 0 Å². The maximum Gasteiger partial charge on any atom is 0.337 e. The van der Waals surface area contributed by atoms with Gasteiger partial charge in [0.05, 0.1) is 23.3 Å². The van der Waals surface area contributed by atoms with Gasteiger partial charge in [0.25, 0.3) is 16.0 Å². The highest BCUT2D eigenvalue weighted by Crippen LogP contribution is 2.33. The van der Waals surface area contributed by atoms with Crippen molar-refractivity contribution in [3.63, 3.8) is 0 Å². The van der Waals surface area contributed by atoms with Crippen LogP contribution < -0.4 is 9.64 Å². The van der Waals surface area contributed by atoms with E-state index >= 15 is 0 Å². The molecule has 178 valence electrons. The van der Waals surface area contributed by atoms with Crippen LogP contribution in [0, 0.1) is 0 Å². The number of benzene rings is 3. The Morgan fingerprint density at radius 2 is 1.77 bits per heavy atom. The molecule has 0 spiro atoms. The molecular formula is C24H18N2O8S. The molecule has 3 aromatic rings. The molecule has 0 saturated carbocycles. The Morgan fingerprint density at radius 3 is 2.40 bits per heavy atom. The lowest BCUT2D eigenvalue weighted by Gasteiger charge is -2.21. The normalized spacial score (nSPS) is 14.8. The maximum absolute atomic E-state index is 13.5. The number of carboxylic acids is 1. The third kappa shape index (κ3) is 4.63. The predicted octanol–water partition coefficient (Wildman–Crippen LogP) is 3.18. The van der Waals surface area contributed by atoms with Gasteiger partial charge in [0.1, 0.15) is 11.5 Å². The quantitative estimate of drug-likeness (QED) is 0.349. The molecule has 35 heavy (non-hydrogen) atoms. The molecule has 0 saturated heterocycles. The minimum Gasteiger partial charge on any atom is -0.504 e. The van der Waals surface area contributed by atoms with Crippen LogP contribution in [0.2, 0.25) is 0 Å². The molecule has 11 heteroatoms. The van der Waals surface area contributed by atoms with Crippen LogP contribution in [0.25, 0.3) is 6.08 Å². The van der Waals surface area contributed by atoms with Crippen molar-refractivity contribution in [3.8, 4) is 11.5 Å². The first-order valence-electron chi connectivity index (χ1n) is 10.0. The van der Waals surface area contributed by atoms with E-state index in [1.54, 1.807) is 30.3 Å². The van der Waals surface area contributed by atoms with Crippen LogP contribution in [-0.2, 0) is 14.9 Å². The summed E-state index contributed by atoms with van der Waals surface area (Å²) in [6.07, 6.45) is 1.42. The van der Waals surface area contributed by atoms with Crippen LogP contribution >= 0.6 is 0 Å². The highest BCUT2D eigenvalue weighted by Gasteiger charge is 2.35. The van der Waals surface area contributed by atoms with Gasteiger partial charge < -0.3 is 14.9 Å². The SMILES string of the molecule is COc1cc(/C=C2\N=C(c3ccccc3)N(c3cc(S(=O)(=O)O)ccc3C(=O)O)C2=O)ccc1O. The second kappa shape index (κ2) is 9.05. The monoisotopic (exact) mass is 494 g/mol. The summed E-state index contributed by atoms with van der Waals surface area (Å²) in [5.41, 5.74) is 0.186. The summed E-state index contributed by atoms with van der Waals surface area (Å²) in [6, 6.07) is 15.6. The molecule has 0 fully saturated rings. The molecule has 10 nitrogen and oxygen atoms in total. The molecule has 1 aliphatic heterocycles. The van der Waals surface area contributed by atoms with E-state index in [1.807, 2.05) is 0 Å². The van der Waals surface area contributed by atoms with Crippen molar-refractivity contribution < 1.29 is 37.5 Å². The second-order valence-corrected chi connectivity index (χ2v) is 8.78. The van der Waals surface area contributed by atoms with Crippen molar-refractivity contribution in [2.75, 3.05) is 12.0 Å². The van der Waals surface area contributed by atoms with E-state index in [-0.39, 0.29) is 34.3 Å². The first kappa shape index (κ1) is 23.7. The number of aromatic carboxylic acids is 1. The number of hydrogen-bond donors (Lipinski definition) is 3. The van der Waals surface area contributed by atoms with E-state index < -0.39 is 26.9 Å². The van der Waals surface area contributed by atoms with Crippen LogP contribution in [-0.4, -0.2) is 48.0 Å². The van der Waals surface area contributed by atoms with Gasteiger partial charge in [-0.3, -0.25) is 14.2 Å². The summed E-state index contributed by atoms with van der Waals surface area (Å²) in [7, 11) is -3.32. The fraction of sp³-hybridized carbons (Fsp3) is 0.0417. The van der Waals surface area contributed by atoms with Gasteiger partial charge in [-0.15, -0.1) is 0 Å². The lowest BCUT2D eigenvalue weighted by Crippen LogP contribution is -2.34. The van der Waals surface area contributed by atoms with E-state index in [0.29, 0.717) is 11.1 Å². The van der Waals surface area contributed by atoms with Gasteiger partial charge in [0, 0.05) is 5.56 Å². The summed E-state index contributed by atoms with van der Waals surface area (Å²) in [4.78, 5) is 30.2. The first-order chi connectivity index (χ1) is 16.6. The molecule has 1 aliphatic rings. The zero-order chi connectivity index (χ0) is 25.3. The number of anilines is 1. The largest absolute Gasteiger partial charge is 0.504 e. The predicted molar refractivity (Wildman–Crippen MR) is 126 cm³/mol.